The molecule has 23 nitrogen and oxygen atoms in total. The molecule has 2 aromatic heterocycles. The molecule has 4 fully saturated rings. The van der Waals surface area contributed by atoms with E-state index in [1.165, 1.54) is 38.3 Å². The van der Waals surface area contributed by atoms with Crippen molar-refractivity contribution in [3.05, 3.63) is 142 Å². The molecule has 5 heterocycles. The van der Waals surface area contributed by atoms with Gasteiger partial charge < -0.3 is 46.3 Å². The predicted octanol–water partition coefficient (Wildman–Crippen LogP) is 4.54. The van der Waals surface area contributed by atoms with Crippen molar-refractivity contribution in [3.63, 3.8) is 0 Å². The van der Waals surface area contributed by atoms with Crippen LogP contribution in [0, 0.1) is 11.8 Å². The fourth-order valence-corrected chi connectivity index (χ4v) is 12.9. The van der Waals surface area contributed by atoms with E-state index in [1.807, 2.05) is 61.5 Å². The SMILES string of the molecule is C=C/C=C\C=C(/C)C(NC(=O)[C@H](CCC(N)=O)NC(=O)[C@@H]1CC[C@@H]2CCN(C(=O)CC3CCC(Cc4ccc5c(c4)n(C)c(=O)n5[C@H]4CCC(=O)NC4=O)CC3)C[C@H](NC(=O)c3cc4cc(C(=O)P(=O)(O)O)ccc4[nH]3)C(=O)N21)c1ccccc1. The molecular weight excluding hydrogens is 1110 g/mol. The first-order chi connectivity index (χ1) is 40.6. The Morgan fingerprint density at radius 1 is 0.859 bits per heavy atom. The number of aromatic amines is 1. The molecule has 448 valence electrons. The molecule has 1 aliphatic carbocycles. The largest absolute Gasteiger partial charge is 0.396 e. The van der Waals surface area contributed by atoms with Gasteiger partial charge in [-0.1, -0.05) is 67.3 Å². The molecule has 85 heavy (non-hydrogen) atoms. The van der Waals surface area contributed by atoms with Gasteiger partial charge in [-0.3, -0.25) is 62.2 Å². The van der Waals surface area contributed by atoms with E-state index in [1.54, 1.807) is 30.2 Å². The molecule has 5 aromatic rings. The zero-order valence-electron chi connectivity index (χ0n) is 47.4. The number of carbonyl (C=O) groups is 9. The second-order valence-corrected chi connectivity index (χ2v) is 24.2. The number of rotatable bonds is 20. The summed E-state index contributed by atoms with van der Waals surface area (Å²) in [5.41, 5.74) is 7.61. The maximum atomic E-state index is 15.2. The van der Waals surface area contributed by atoms with E-state index in [-0.39, 0.29) is 97.6 Å². The van der Waals surface area contributed by atoms with Gasteiger partial charge in [0.2, 0.25) is 41.4 Å². The average molecular weight is 1180 g/mol. The lowest BCUT2D eigenvalue weighted by atomic mass is 9.78. The Labute approximate surface area is 489 Å². The molecule has 0 bridgehead atoms. The Balaban J connectivity index is 0.910. The van der Waals surface area contributed by atoms with Gasteiger partial charge in [0.1, 0.15) is 29.9 Å². The van der Waals surface area contributed by atoms with Crippen LogP contribution in [-0.4, -0.2) is 124 Å². The monoisotopic (exact) mass is 1180 g/mol. The van der Waals surface area contributed by atoms with Gasteiger partial charge >= 0.3 is 13.3 Å². The number of nitrogens with two attached hydrogens (primary N) is 1. The Kier molecular flexibility index (Phi) is 18.8. The third-order valence-corrected chi connectivity index (χ3v) is 17.7. The highest BCUT2D eigenvalue weighted by Gasteiger charge is 2.46. The molecule has 0 spiro atoms. The highest BCUT2D eigenvalue weighted by molar-refractivity contribution is 7.70. The summed E-state index contributed by atoms with van der Waals surface area (Å²) in [5.74, 6) is -4.18. The van der Waals surface area contributed by atoms with Crippen LogP contribution in [0.2, 0.25) is 0 Å². The topological polar surface area (TPSA) is 335 Å². The fraction of sp³-hybridized carbons (Fsp3) is 0.410. The van der Waals surface area contributed by atoms with E-state index in [0.717, 1.165) is 48.8 Å². The summed E-state index contributed by atoms with van der Waals surface area (Å²) in [7, 11) is -3.48. The molecule has 9 rings (SSSR count). The number of primary amides is 1. The number of allylic oxidation sites excluding steroid dienone is 4. The van der Waals surface area contributed by atoms with Crippen molar-refractivity contribution >= 4 is 82.3 Å². The van der Waals surface area contributed by atoms with Gasteiger partial charge in [0.25, 0.3) is 11.4 Å². The number of aromatic nitrogens is 3. The first-order valence-corrected chi connectivity index (χ1v) is 30.3. The zero-order chi connectivity index (χ0) is 60.9. The van der Waals surface area contributed by atoms with E-state index in [4.69, 9.17) is 5.73 Å². The first-order valence-electron chi connectivity index (χ1n) is 28.7. The molecular formula is C61H71N10O13P. The molecule has 0 radical (unpaired) electrons. The fourth-order valence-electron chi connectivity index (χ4n) is 12.4. The lowest BCUT2D eigenvalue weighted by Crippen LogP contribution is -2.62. The second kappa shape index (κ2) is 26.2. The van der Waals surface area contributed by atoms with E-state index in [2.05, 4.69) is 32.8 Å². The number of fused-ring (bicyclic) bond motifs is 3. The summed E-state index contributed by atoms with van der Waals surface area (Å²) in [6.45, 7) is 5.47. The number of imidazole rings is 1. The quantitative estimate of drug-likeness (QED) is 0.0302. The third kappa shape index (κ3) is 14.0. The number of imide groups is 1. The van der Waals surface area contributed by atoms with Crippen LogP contribution in [0.25, 0.3) is 21.9 Å². The molecule has 8 amide bonds. The van der Waals surface area contributed by atoms with Crippen LogP contribution >= 0.6 is 7.60 Å². The zero-order valence-corrected chi connectivity index (χ0v) is 48.3. The van der Waals surface area contributed by atoms with Crippen LogP contribution in [-0.2, 0) is 51.6 Å². The van der Waals surface area contributed by atoms with Crippen molar-refractivity contribution in [1.82, 2.24) is 45.2 Å². The van der Waals surface area contributed by atoms with E-state index in [9.17, 15) is 57.5 Å². The maximum Gasteiger partial charge on any atom is 0.396 e. The van der Waals surface area contributed by atoms with Crippen molar-refractivity contribution in [2.45, 2.75) is 127 Å². The predicted molar refractivity (Wildman–Crippen MR) is 314 cm³/mol. The molecule has 3 aliphatic heterocycles. The van der Waals surface area contributed by atoms with E-state index < -0.39 is 84.8 Å². The van der Waals surface area contributed by atoms with E-state index >= 15 is 4.79 Å². The van der Waals surface area contributed by atoms with Crippen LogP contribution in [0.1, 0.15) is 128 Å². The summed E-state index contributed by atoms with van der Waals surface area (Å²) in [5, 5.41) is 11.3. The van der Waals surface area contributed by atoms with Gasteiger partial charge in [0.15, 0.2) is 0 Å². The number of hydrogen-bond donors (Lipinski definition) is 8. The molecule has 9 N–H and O–H groups in total. The Morgan fingerprint density at radius 2 is 1.60 bits per heavy atom. The number of piperidine rings is 1. The van der Waals surface area contributed by atoms with Crippen molar-refractivity contribution in [1.29, 1.82) is 0 Å². The molecule has 3 aromatic carbocycles. The first kappa shape index (κ1) is 61.0. The van der Waals surface area contributed by atoms with Crippen molar-refractivity contribution in [3.8, 4) is 0 Å². The number of hydrogen-bond acceptors (Lipinski definition) is 11. The smallest absolute Gasteiger partial charge is 0.370 e. The van der Waals surface area contributed by atoms with Gasteiger partial charge in [-0.25, -0.2) is 4.79 Å². The van der Waals surface area contributed by atoms with E-state index in [0.29, 0.717) is 29.4 Å². The standard InChI is InChI=1S/C61H71N10O13P/c1-4-5-7-10-35(2)54(39-11-8-6-9-12-39)67-55(75)44(21-25-51(62)72)64-57(77)48-23-19-42-27-28-69(34-46(59(79)70(42)48)65-56(76)45-33-41-32-40(18-20-43(41)63-45)60(80)85(82,83)84)53(74)31-37-15-13-36(14-16-37)29-38-17-22-47-50(30-38)68(3)61(81)71(47)49-24-26-52(73)66-58(49)78/h4-12,17-18,20,22,30,32-33,36-37,42,44,46,48-49,54,63H,1,13-16,19,21,23-29,31,34H2,2-3H3,(H2,62,72)(H,64,77)(H,65,76)(H,67,75)(H,66,73,78)(H2,82,83,84)/b7-5-,35-10+/t36?,37?,42-,44+,46+,48+,49+,54?/m1/s1. The number of aryl methyl sites for hydroxylation is 1. The van der Waals surface area contributed by atoms with Gasteiger partial charge in [-0.2, -0.15) is 0 Å². The number of nitrogens with one attached hydrogen (secondary N) is 5. The van der Waals surface area contributed by atoms with Gasteiger partial charge in [-0.15, -0.1) is 0 Å². The Hall–Kier alpha value is -8.53. The minimum Gasteiger partial charge on any atom is -0.370 e. The lowest BCUT2D eigenvalue weighted by molar-refractivity contribution is -0.146. The summed E-state index contributed by atoms with van der Waals surface area (Å²) in [6.07, 6.45) is 11.8. The van der Waals surface area contributed by atoms with Gasteiger partial charge in [-0.05, 0) is 136 Å². The van der Waals surface area contributed by atoms with Crippen LogP contribution in [0.15, 0.2) is 114 Å². The van der Waals surface area contributed by atoms with Crippen LogP contribution in [0.3, 0.4) is 0 Å². The highest BCUT2D eigenvalue weighted by Crippen LogP contribution is 2.40. The summed E-state index contributed by atoms with van der Waals surface area (Å²) >= 11 is 0. The Morgan fingerprint density at radius 3 is 2.31 bits per heavy atom. The molecule has 1 saturated carbocycles. The summed E-state index contributed by atoms with van der Waals surface area (Å²) in [4.78, 5) is 161. The number of carbonyl (C=O) groups excluding carboxylic acids is 9. The summed E-state index contributed by atoms with van der Waals surface area (Å²) in [6, 6.07) is 14.3. The van der Waals surface area contributed by atoms with Crippen LogP contribution < -0.4 is 32.7 Å². The normalized spacial score (nSPS) is 22.1. The minimum atomic E-state index is -5.13. The van der Waals surface area contributed by atoms with Gasteiger partial charge in [0.05, 0.1) is 17.1 Å². The molecule has 4 aliphatic rings. The summed E-state index contributed by atoms with van der Waals surface area (Å²) < 4.78 is 14.8. The molecule has 6 atom stereocenters. The average Bonchev–Trinajstić information content (AvgIpc) is 1.83. The van der Waals surface area contributed by atoms with Crippen molar-refractivity contribution in [2.75, 3.05) is 13.1 Å². The van der Waals surface area contributed by atoms with Crippen molar-refractivity contribution < 1.29 is 57.5 Å². The maximum absolute atomic E-state index is 15.2. The third-order valence-electron chi connectivity index (χ3n) is 17.0. The Bertz CT molecular complexity index is 3640. The highest BCUT2D eigenvalue weighted by atomic mass is 31.2. The molecule has 24 heteroatoms. The van der Waals surface area contributed by atoms with Crippen LogP contribution in [0.5, 0.6) is 0 Å². The van der Waals surface area contributed by atoms with Gasteiger partial charge in [0, 0.05) is 61.9 Å². The molecule has 1 unspecified atom stereocenters. The van der Waals surface area contributed by atoms with Crippen molar-refractivity contribution in [2.24, 2.45) is 24.6 Å². The minimum absolute atomic E-state index is 0.0188. The number of nitrogens with zero attached hydrogens (tertiary/aromatic N) is 4. The number of H-pyrrole nitrogens is 1. The lowest BCUT2D eigenvalue weighted by Gasteiger charge is -2.39. The molecule has 3 saturated heterocycles. The van der Waals surface area contributed by atoms with Crippen LogP contribution in [0.4, 0.5) is 0 Å². The second-order valence-electron chi connectivity index (χ2n) is 22.7. The number of amides is 8. The number of benzene rings is 3.